The minimum Gasteiger partial charge on any atom is -0.382 e. The van der Waals surface area contributed by atoms with Crippen molar-refractivity contribution in [1.82, 2.24) is 20.1 Å². The van der Waals surface area contributed by atoms with Crippen molar-refractivity contribution in [2.24, 2.45) is 0 Å². The largest absolute Gasteiger partial charge is 0.382 e. The zero-order chi connectivity index (χ0) is 13.0. The van der Waals surface area contributed by atoms with Gasteiger partial charge in [-0.15, -0.1) is 10.2 Å². The summed E-state index contributed by atoms with van der Waals surface area (Å²) in [6, 6.07) is 0.379. The van der Waals surface area contributed by atoms with E-state index >= 15 is 0 Å². The maximum atomic E-state index is 5.28. The van der Waals surface area contributed by atoms with Gasteiger partial charge in [-0.1, -0.05) is 13.3 Å². The van der Waals surface area contributed by atoms with Gasteiger partial charge in [-0.05, 0) is 19.8 Å². The molecule has 1 aromatic rings. The molecular weight excluding hydrogens is 228 g/mol. The number of aryl methyl sites for hydroxylation is 1. The van der Waals surface area contributed by atoms with E-state index in [1.54, 1.807) is 7.11 Å². The van der Waals surface area contributed by atoms with E-state index in [1.165, 1.54) is 6.42 Å². The minimum atomic E-state index is 0.283. The maximum Gasteiger partial charge on any atom is 0.150 e. The molecule has 0 radical (unpaired) electrons. The summed E-state index contributed by atoms with van der Waals surface area (Å²) in [5.74, 6) is 2.22. The van der Waals surface area contributed by atoms with E-state index in [-0.39, 0.29) is 6.10 Å². The van der Waals surface area contributed by atoms with Crippen LogP contribution in [0.1, 0.15) is 50.8 Å². The summed E-state index contributed by atoms with van der Waals surface area (Å²) in [5, 5.41) is 12.2. The second kappa shape index (κ2) is 6.29. The minimum absolute atomic E-state index is 0.283. The third-order valence-corrected chi connectivity index (χ3v) is 3.65. The Balaban J connectivity index is 2.05. The summed E-state index contributed by atoms with van der Waals surface area (Å²) in [6.07, 6.45) is 4.53. The van der Waals surface area contributed by atoms with Crippen LogP contribution in [0.5, 0.6) is 0 Å². The third-order valence-electron chi connectivity index (χ3n) is 3.65. The van der Waals surface area contributed by atoms with Crippen LogP contribution in [0.2, 0.25) is 0 Å². The number of nitrogens with one attached hydrogen (secondary N) is 1. The fourth-order valence-electron chi connectivity index (χ4n) is 2.45. The number of fused-ring (bicyclic) bond motifs is 1. The number of methoxy groups -OCH3 is 1. The van der Waals surface area contributed by atoms with Gasteiger partial charge < -0.3 is 14.6 Å². The molecule has 1 aliphatic heterocycles. The fraction of sp³-hybridized carbons (Fsp3) is 0.846. The van der Waals surface area contributed by atoms with E-state index in [0.717, 1.165) is 44.0 Å². The summed E-state index contributed by atoms with van der Waals surface area (Å²) >= 11 is 0. The van der Waals surface area contributed by atoms with Gasteiger partial charge in [-0.3, -0.25) is 0 Å². The van der Waals surface area contributed by atoms with Crippen molar-refractivity contribution in [2.75, 3.05) is 13.7 Å². The van der Waals surface area contributed by atoms with Gasteiger partial charge in [-0.2, -0.15) is 0 Å². The van der Waals surface area contributed by atoms with Crippen LogP contribution in [0, 0.1) is 0 Å². The summed E-state index contributed by atoms with van der Waals surface area (Å²) in [6.45, 7) is 6.30. The Bertz CT molecular complexity index is 377. The smallest absolute Gasteiger partial charge is 0.150 e. The third kappa shape index (κ3) is 2.90. The topological polar surface area (TPSA) is 52.0 Å². The van der Waals surface area contributed by atoms with Crippen LogP contribution < -0.4 is 5.32 Å². The molecule has 5 heteroatoms. The summed E-state index contributed by atoms with van der Waals surface area (Å²) in [4.78, 5) is 0. The predicted molar refractivity (Wildman–Crippen MR) is 70.5 cm³/mol. The van der Waals surface area contributed by atoms with E-state index in [0.29, 0.717) is 6.04 Å². The lowest BCUT2D eigenvalue weighted by Gasteiger charge is -2.24. The van der Waals surface area contributed by atoms with Gasteiger partial charge in [0.2, 0.25) is 0 Å². The quantitative estimate of drug-likeness (QED) is 0.837. The van der Waals surface area contributed by atoms with Gasteiger partial charge in [0.05, 0.1) is 12.1 Å². The van der Waals surface area contributed by atoms with Crippen molar-refractivity contribution < 1.29 is 4.74 Å². The Kier molecular flexibility index (Phi) is 4.72. The molecule has 102 valence electrons. The van der Waals surface area contributed by atoms with Crippen molar-refractivity contribution in [3.05, 3.63) is 11.6 Å². The standard InChI is InChI=1S/C13H24N4O/c1-4-5-11-13-16-15-12(7-6-10(2)18-3)17(13)9-8-14-11/h10-11,14H,4-9H2,1-3H3. The first-order valence-electron chi connectivity index (χ1n) is 6.94. The van der Waals surface area contributed by atoms with E-state index in [1.807, 2.05) is 0 Å². The molecule has 18 heavy (non-hydrogen) atoms. The van der Waals surface area contributed by atoms with Crippen molar-refractivity contribution in [3.63, 3.8) is 0 Å². The van der Waals surface area contributed by atoms with Gasteiger partial charge in [0.15, 0.2) is 0 Å². The van der Waals surface area contributed by atoms with Crippen LogP contribution >= 0.6 is 0 Å². The first-order valence-corrected chi connectivity index (χ1v) is 6.94. The Morgan fingerprint density at radius 2 is 2.33 bits per heavy atom. The van der Waals surface area contributed by atoms with Gasteiger partial charge in [0.1, 0.15) is 11.6 Å². The van der Waals surface area contributed by atoms with Crippen LogP contribution in [-0.2, 0) is 17.7 Å². The molecule has 2 rings (SSSR count). The van der Waals surface area contributed by atoms with Gasteiger partial charge in [-0.25, -0.2) is 0 Å². The van der Waals surface area contributed by atoms with E-state index in [9.17, 15) is 0 Å². The average Bonchev–Trinajstić information content (AvgIpc) is 2.80. The van der Waals surface area contributed by atoms with Gasteiger partial charge in [0, 0.05) is 26.6 Å². The van der Waals surface area contributed by atoms with E-state index in [2.05, 4.69) is 33.9 Å². The van der Waals surface area contributed by atoms with Crippen molar-refractivity contribution in [2.45, 2.75) is 58.2 Å². The van der Waals surface area contributed by atoms with Crippen LogP contribution in [0.25, 0.3) is 0 Å². The Morgan fingerprint density at radius 1 is 1.50 bits per heavy atom. The van der Waals surface area contributed by atoms with Crippen molar-refractivity contribution in [3.8, 4) is 0 Å². The number of aromatic nitrogens is 3. The van der Waals surface area contributed by atoms with Crippen LogP contribution in [0.3, 0.4) is 0 Å². The molecule has 0 bridgehead atoms. The highest BCUT2D eigenvalue weighted by Gasteiger charge is 2.23. The lowest BCUT2D eigenvalue weighted by molar-refractivity contribution is 0.110. The molecule has 2 atom stereocenters. The summed E-state index contributed by atoms with van der Waals surface area (Å²) in [5.41, 5.74) is 0. The molecule has 1 aliphatic rings. The molecule has 1 N–H and O–H groups in total. The molecule has 5 nitrogen and oxygen atoms in total. The highest BCUT2D eigenvalue weighted by atomic mass is 16.5. The Labute approximate surface area is 109 Å². The summed E-state index contributed by atoms with van der Waals surface area (Å²) < 4.78 is 7.57. The van der Waals surface area contributed by atoms with Crippen LogP contribution in [0.15, 0.2) is 0 Å². The zero-order valence-electron chi connectivity index (χ0n) is 11.6. The summed E-state index contributed by atoms with van der Waals surface area (Å²) in [7, 11) is 1.76. The molecule has 2 unspecified atom stereocenters. The Morgan fingerprint density at radius 3 is 3.06 bits per heavy atom. The highest BCUT2D eigenvalue weighted by molar-refractivity contribution is 5.04. The SMILES string of the molecule is CCCC1NCCn2c(CCC(C)OC)nnc21. The molecule has 0 amide bonds. The maximum absolute atomic E-state index is 5.28. The molecule has 0 saturated heterocycles. The molecule has 0 fully saturated rings. The molecule has 2 heterocycles. The van der Waals surface area contributed by atoms with Crippen molar-refractivity contribution in [1.29, 1.82) is 0 Å². The Hall–Kier alpha value is -0.940. The van der Waals surface area contributed by atoms with Crippen LogP contribution in [0.4, 0.5) is 0 Å². The van der Waals surface area contributed by atoms with E-state index in [4.69, 9.17) is 4.74 Å². The number of hydrogen-bond donors (Lipinski definition) is 1. The second-order valence-corrected chi connectivity index (χ2v) is 5.01. The monoisotopic (exact) mass is 252 g/mol. The fourth-order valence-corrected chi connectivity index (χ4v) is 2.45. The second-order valence-electron chi connectivity index (χ2n) is 5.01. The van der Waals surface area contributed by atoms with Gasteiger partial charge in [0.25, 0.3) is 0 Å². The zero-order valence-corrected chi connectivity index (χ0v) is 11.6. The lowest BCUT2D eigenvalue weighted by Crippen LogP contribution is -2.34. The molecular formula is C13H24N4O. The molecule has 0 aliphatic carbocycles. The molecule has 0 saturated carbocycles. The van der Waals surface area contributed by atoms with Gasteiger partial charge >= 0.3 is 0 Å². The highest BCUT2D eigenvalue weighted by Crippen LogP contribution is 2.21. The predicted octanol–water partition coefficient (Wildman–Crippen LogP) is 1.69. The molecule has 0 spiro atoms. The lowest BCUT2D eigenvalue weighted by atomic mass is 10.1. The first-order chi connectivity index (χ1) is 8.76. The van der Waals surface area contributed by atoms with Crippen LogP contribution in [-0.4, -0.2) is 34.5 Å². The number of hydrogen-bond acceptors (Lipinski definition) is 4. The molecule has 1 aromatic heterocycles. The van der Waals surface area contributed by atoms with Crippen molar-refractivity contribution >= 4 is 0 Å². The number of ether oxygens (including phenoxy) is 1. The normalized spacial score (nSPS) is 20.7. The first kappa shape index (κ1) is 13.5. The average molecular weight is 252 g/mol. The van der Waals surface area contributed by atoms with E-state index < -0.39 is 0 Å². The molecule has 0 aromatic carbocycles. The number of rotatable bonds is 6. The number of nitrogens with zero attached hydrogens (tertiary/aromatic N) is 3.